The van der Waals surface area contributed by atoms with Crippen molar-refractivity contribution in [3.8, 4) is 11.5 Å². The highest BCUT2D eigenvalue weighted by molar-refractivity contribution is 7.89. The number of imidazole rings is 1. The Labute approximate surface area is 134 Å². The van der Waals surface area contributed by atoms with Gasteiger partial charge in [-0.15, -0.1) is 0 Å². The second kappa shape index (κ2) is 5.98. The van der Waals surface area contributed by atoms with E-state index in [1.54, 1.807) is 55.3 Å². The SMILES string of the molecule is Cc1nc(S(=O)(=O)NCc2ccnc(-c3ccco3)c2)cn1C. The summed E-state index contributed by atoms with van der Waals surface area (Å²) in [4.78, 5) is 8.25. The van der Waals surface area contributed by atoms with Gasteiger partial charge in [-0.2, -0.15) is 0 Å². The van der Waals surface area contributed by atoms with Gasteiger partial charge in [-0.25, -0.2) is 18.1 Å². The molecule has 0 saturated heterocycles. The Morgan fingerprint density at radius 3 is 2.83 bits per heavy atom. The molecule has 7 nitrogen and oxygen atoms in total. The van der Waals surface area contributed by atoms with Crippen LogP contribution in [0.2, 0.25) is 0 Å². The lowest BCUT2D eigenvalue weighted by Crippen LogP contribution is -2.23. The third kappa shape index (κ3) is 3.33. The molecule has 0 fully saturated rings. The van der Waals surface area contributed by atoms with Crippen LogP contribution in [0.1, 0.15) is 11.4 Å². The van der Waals surface area contributed by atoms with Gasteiger partial charge in [0.05, 0.1) is 6.26 Å². The van der Waals surface area contributed by atoms with Crippen LogP contribution in [0.5, 0.6) is 0 Å². The summed E-state index contributed by atoms with van der Waals surface area (Å²) >= 11 is 0. The molecule has 3 aromatic heterocycles. The number of aryl methyl sites for hydroxylation is 2. The molecular weight excluding hydrogens is 316 g/mol. The molecule has 8 heteroatoms. The number of furan rings is 1. The molecule has 0 saturated carbocycles. The molecule has 0 atom stereocenters. The molecule has 0 bridgehead atoms. The van der Waals surface area contributed by atoms with Crippen LogP contribution >= 0.6 is 0 Å². The minimum Gasteiger partial charge on any atom is -0.463 e. The van der Waals surface area contributed by atoms with Crippen LogP contribution in [0.15, 0.2) is 52.4 Å². The van der Waals surface area contributed by atoms with E-state index in [-0.39, 0.29) is 11.6 Å². The number of hydrogen-bond donors (Lipinski definition) is 1. The smallest absolute Gasteiger partial charge is 0.259 e. The van der Waals surface area contributed by atoms with Crippen molar-refractivity contribution in [1.29, 1.82) is 0 Å². The third-order valence-electron chi connectivity index (χ3n) is 3.43. The number of nitrogens with zero attached hydrogens (tertiary/aromatic N) is 3. The van der Waals surface area contributed by atoms with Crippen molar-refractivity contribution in [2.24, 2.45) is 7.05 Å². The Bertz CT molecular complexity index is 895. The zero-order valence-electron chi connectivity index (χ0n) is 12.7. The van der Waals surface area contributed by atoms with Crippen molar-refractivity contribution >= 4 is 10.0 Å². The number of sulfonamides is 1. The van der Waals surface area contributed by atoms with Gasteiger partial charge in [0, 0.05) is 26.0 Å². The quantitative estimate of drug-likeness (QED) is 0.770. The van der Waals surface area contributed by atoms with Crippen LogP contribution in [0.25, 0.3) is 11.5 Å². The van der Waals surface area contributed by atoms with Gasteiger partial charge in [-0.1, -0.05) is 0 Å². The molecule has 0 aromatic carbocycles. The minimum atomic E-state index is -3.65. The fraction of sp³-hybridized carbons (Fsp3) is 0.200. The summed E-state index contributed by atoms with van der Waals surface area (Å²) in [6, 6.07) is 7.10. The van der Waals surface area contributed by atoms with E-state index in [1.807, 2.05) is 0 Å². The van der Waals surface area contributed by atoms with Crippen molar-refractivity contribution in [1.82, 2.24) is 19.3 Å². The average molecular weight is 332 g/mol. The van der Waals surface area contributed by atoms with Gasteiger partial charge in [0.2, 0.25) is 0 Å². The summed E-state index contributed by atoms with van der Waals surface area (Å²) < 4.78 is 34.0. The molecule has 120 valence electrons. The standard InChI is InChI=1S/C15H16N4O3S/c1-11-18-15(10-19(11)2)23(20,21)17-9-12-5-6-16-13(8-12)14-4-3-7-22-14/h3-8,10,17H,9H2,1-2H3. The van der Waals surface area contributed by atoms with Gasteiger partial charge < -0.3 is 8.98 Å². The summed E-state index contributed by atoms with van der Waals surface area (Å²) in [7, 11) is -1.90. The van der Waals surface area contributed by atoms with E-state index in [2.05, 4.69) is 14.7 Å². The lowest BCUT2D eigenvalue weighted by atomic mass is 10.2. The van der Waals surface area contributed by atoms with Crippen LogP contribution in [-0.4, -0.2) is 23.0 Å². The highest BCUT2D eigenvalue weighted by Crippen LogP contribution is 2.18. The van der Waals surface area contributed by atoms with Crippen molar-refractivity contribution in [2.45, 2.75) is 18.5 Å². The molecule has 3 rings (SSSR count). The third-order valence-corrected chi connectivity index (χ3v) is 4.70. The van der Waals surface area contributed by atoms with E-state index in [0.717, 1.165) is 5.56 Å². The maximum Gasteiger partial charge on any atom is 0.259 e. The summed E-state index contributed by atoms with van der Waals surface area (Å²) in [5.41, 5.74) is 1.43. The molecule has 0 aliphatic carbocycles. The molecule has 0 unspecified atom stereocenters. The molecule has 3 aromatic rings. The molecule has 23 heavy (non-hydrogen) atoms. The summed E-state index contributed by atoms with van der Waals surface area (Å²) in [6.45, 7) is 1.89. The van der Waals surface area contributed by atoms with Crippen molar-refractivity contribution in [3.63, 3.8) is 0 Å². The zero-order chi connectivity index (χ0) is 16.4. The Hall–Kier alpha value is -2.45. The van der Waals surface area contributed by atoms with Gasteiger partial charge >= 0.3 is 0 Å². The average Bonchev–Trinajstić information content (AvgIpc) is 3.17. The summed E-state index contributed by atoms with van der Waals surface area (Å²) in [5.74, 6) is 1.27. The summed E-state index contributed by atoms with van der Waals surface area (Å²) in [5, 5.41) is 0.0119. The fourth-order valence-corrected chi connectivity index (χ4v) is 3.11. The molecule has 3 heterocycles. The second-order valence-electron chi connectivity index (χ2n) is 5.09. The first-order chi connectivity index (χ1) is 11.0. The highest BCUT2D eigenvalue weighted by Gasteiger charge is 2.18. The number of nitrogens with one attached hydrogen (secondary N) is 1. The number of aromatic nitrogens is 3. The molecule has 0 radical (unpaired) electrons. The Kier molecular flexibility index (Phi) is 4.01. The van der Waals surface area contributed by atoms with Gasteiger partial charge in [0.1, 0.15) is 11.5 Å². The van der Waals surface area contributed by atoms with E-state index in [4.69, 9.17) is 4.42 Å². The minimum absolute atomic E-state index is 0.0119. The van der Waals surface area contributed by atoms with Gasteiger partial charge in [-0.05, 0) is 36.8 Å². The van der Waals surface area contributed by atoms with Gasteiger partial charge in [0.25, 0.3) is 10.0 Å². The first kappa shape index (κ1) is 15.4. The first-order valence-electron chi connectivity index (χ1n) is 6.94. The van der Waals surface area contributed by atoms with Gasteiger partial charge in [-0.3, -0.25) is 4.98 Å². The number of pyridine rings is 1. The predicted octanol–water partition coefficient (Wildman–Crippen LogP) is 1.86. The van der Waals surface area contributed by atoms with Crippen LogP contribution in [0, 0.1) is 6.92 Å². The second-order valence-corrected chi connectivity index (χ2v) is 6.80. The fourth-order valence-electron chi connectivity index (χ4n) is 2.05. The zero-order valence-corrected chi connectivity index (χ0v) is 13.5. The Morgan fingerprint density at radius 1 is 1.35 bits per heavy atom. The highest BCUT2D eigenvalue weighted by atomic mass is 32.2. The van der Waals surface area contributed by atoms with Crippen LogP contribution in [-0.2, 0) is 23.6 Å². The lowest BCUT2D eigenvalue weighted by Gasteiger charge is -2.05. The molecule has 0 aliphatic rings. The van der Waals surface area contributed by atoms with Crippen molar-refractivity contribution in [2.75, 3.05) is 0 Å². The Morgan fingerprint density at radius 2 is 2.17 bits per heavy atom. The van der Waals surface area contributed by atoms with Crippen LogP contribution < -0.4 is 4.72 Å². The number of rotatable bonds is 5. The van der Waals surface area contributed by atoms with Crippen molar-refractivity contribution in [3.05, 3.63) is 54.3 Å². The van der Waals surface area contributed by atoms with E-state index in [9.17, 15) is 8.42 Å². The first-order valence-corrected chi connectivity index (χ1v) is 8.42. The molecule has 0 aliphatic heterocycles. The monoisotopic (exact) mass is 332 g/mol. The van der Waals surface area contributed by atoms with Crippen LogP contribution in [0.3, 0.4) is 0 Å². The summed E-state index contributed by atoms with van der Waals surface area (Å²) in [6.07, 6.45) is 4.67. The predicted molar refractivity (Wildman–Crippen MR) is 83.9 cm³/mol. The normalized spacial score (nSPS) is 11.7. The van der Waals surface area contributed by atoms with Gasteiger partial charge in [0.15, 0.2) is 10.8 Å². The molecular formula is C15H16N4O3S. The lowest BCUT2D eigenvalue weighted by molar-refractivity contribution is 0.577. The van der Waals surface area contributed by atoms with E-state index >= 15 is 0 Å². The molecule has 0 spiro atoms. The van der Waals surface area contributed by atoms with Crippen molar-refractivity contribution < 1.29 is 12.8 Å². The van der Waals surface area contributed by atoms with E-state index in [0.29, 0.717) is 17.3 Å². The molecule has 0 amide bonds. The van der Waals surface area contributed by atoms with E-state index in [1.165, 1.54) is 6.20 Å². The Balaban J connectivity index is 1.77. The van der Waals surface area contributed by atoms with Crippen LogP contribution in [0.4, 0.5) is 0 Å². The maximum absolute atomic E-state index is 12.3. The number of hydrogen-bond acceptors (Lipinski definition) is 5. The van der Waals surface area contributed by atoms with E-state index < -0.39 is 10.0 Å². The largest absolute Gasteiger partial charge is 0.463 e. The maximum atomic E-state index is 12.3. The topological polar surface area (TPSA) is 90.0 Å². The molecule has 1 N–H and O–H groups in total.